The first kappa shape index (κ1) is 16.5. The van der Waals surface area contributed by atoms with Crippen LogP contribution in [0.5, 0.6) is 0 Å². The standard InChI is InChI=1S/C14H20BrNO2S/c1-4-16-14(3,13(17)18-5-2)10-19-12-9-7-6-8-11(12)15/h6-9,16H,4-5,10H2,1-3H3. The summed E-state index contributed by atoms with van der Waals surface area (Å²) in [6, 6.07) is 7.99. The molecule has 1 rings (SSSR count). The molecule has 3 nitrogen and oxygen atoms in total. The molecule has 0 spiro atoms. The maximum absolute atomic E-state index is 12.1. The lowest BCUT2D eigenvalue weighted by atomic mass is 10.1. The molecule has 0 heterocycles. The number of rotatable bonds is 7. The number of carbonyl (C=O) groups excluding carboxylic acids is 1. The minimum Gasteiger partial charge on any atom is -0.465 e. The van der Waals surface area contributed by atoms with E-state index in [1.54, 1.807) is 11.8 Å². The Morgan fingerprint density at radius 3 is 2.68 bits per heavy atom. The van der Waals surface area contributed by atoms with E-state index in [0.29, 0.717) is 12.4 Å². The molecule has 0 aliphatic carbocycles. The zero-order valence-electron chi connectivity index (χ0n) is 11.5. The maximum Gasteiger partial charge on any atom is 0.326 e. The molecule has 0 fully saturated rings. The number of ether oxygens (including phenoxy) is 1. The summed E-state index contributed by atoms with van der Waals surface area (Å²) in [5.41, 5.74) is -0.662. The van der Waals surface area contributed by atoms with Gasteiger partial charge in [0, 0.05) is 15.1 Å². The first-order chi connectivity index (χ1) is 9.03. The highest BCUT2D eigenvalue weighted by atomic mass is 79.9. The van der Waals surface area contributed by atoms with Crippen molar-refractivity contribution in [2.45, 2.75) is 31.2 Å². The number of esters is 1. The molecule has 5 heteroatoms. The van der Waals surface area contributed by atoms with Crippen molar-refractivity contribution in [3.8, 4) is 0 Å². The average molecular weight is 346 g/mol. The Hall–Kier alpha value is -0.520. The van der Waals surface area contributed by atoms with Crippen LogP contribution in [-0.4, -0.2) is 30.4 Å². The minimum absolute atomic E-state index is 0.198. The molecule has 1 unspecified atom stereocenters. The van der Waals surface area contributed by atoms with Crippen molar-refractivity contribution in [1.29, 1.82) is 0 Å². The molecule has 0 radical (unpaired) electrons. The first-order valence-electron chi connectivity index (χ1n) is 6.33. The summed E-state index contributed by atoms with van der Waals surface area (Å²) in [6.45, 7) is 6.83. The van der Waals surface area contributed by atoms with E-state index in [1.165, 1.54) is 0 Å². The van der Waals surface area contributed by atoms with Gasteiger partial charge >= 0.3 is 5.97 Å². The number of thioether (sulfide) groups is 1. The Morgan fingerprint density at radius 2 is 2.11 bits per heavy atom. The first-order valence-corrected chi connectivity index (χ1v) is 8.11. The lowest BCUT2D eigenvalue weighted by Gasteiger charge is -2.27. The van der Waals surface area contributed by atoms with Crippen LogP contribution in [0, 0.1) is 0 Å². The molecule has 0 aliphatic rings. The third-order valence-corrected chi connectivity index (χ3v) is 4.99. The molecular weight excluding hydrogens is 326 g/mol. The van der Waals surface area contributed by atoms with Gasteiger partial charge in [-0.25, -0.2) is 0 Å². The molecule has 1 aromatic rings. The molecular formula is C14H20BrNO2S. The molecule has 19 heavy (non-hydrogen) atoms. The zero-order valence-corrected chi connectivity index (χ0v) is 13.9. The van der Waals surface area contributed by atoms with Crippen LogP contribution in [0.25, 0.3) is 0 Å². The fourth-order valence-corrected chi connectivity index (χ4v) is 3.32. The summed E-state index contributed by atoms with van der Waals surface area (Å²) in [5, 5.41) is 3.22. The highest BCUT2D eigenvalue weighted by molar-refractivity contribution is 9.10. The van der Waals surface area contributed by atoms with Crippen molar-refractivity contribution >= 4 is 33.7 Å². The number of carbonyl (C=O) groups is 1. The third-order valence-electron chi connectivity index (χ3n) is 2.65. The molecule has 1 N–H and O–H groups in total. The Balaban J connectivity index is 2.74. The minimum atomic E-state index is -0.662. The van der Waals surface area contributed by atoms with Gasteiger partial charge in [-0.05, 0) is 48.5 Å². The van der Waals surface area contributed by atoms with Gasteiger partial charge in [0.2, 0.25) is 0 Å². The molecule has 1 aromatic carbocycles. The number of nitrogens with one attached hydrogen (secondary N) is 1. The summed E-state index contributed by atoms with van der Waals surface area (Å²) in [7, 11) is 0. The van der Waals surface area contributed by atoms with Crippen LogP contribution in [0.15, 0.2) is 33.6 Å². The van der Waals surface area contributed by atoms with E-state index in [4.69, 9.17) is 4.74 Å². The van der Waals surface area contributed by atoms with Crippen molar-refractivity contribution in [2.75, 3.05) is 18.9 Å². The number of likely N-dealkylation sites (N-methyl/N-ethyl adjacent to an activating group) is 1. The topological polar surface area (TPSA) is 38.3 Å². The molecule has 0 saturated carbocycles. The van der Waals surface area contributed by atoms with Crippen LogP contribution in [-0.2, 0) is 9.53 Å². The Kier molecular flexibility index (Phi) is 6.89. The van der Waals surface area contributed by atoms with Crippen molar-refractivity contribution < 1.29 is 9.53 Å². The van der Waals surface area contributed by atoms with Crippen molar-refractivity contribution in [2.24, 2.45) is 0 Å². The monoisotopic (exact) mass is 345 g/mol. The fraction of sp³-hybridized carbons (Fsp3) is 0.500. The number of hydrogen-bond acceptors (Lipinski definition) is 4. The second-order valence-corrected chi connectivity index (χ2v) is 6.17. The highest BCUT2D eigenvalue weighted by Crippen LogP contribution is 2.29. The van der Waals surface area contributed by atoms with Crippen LogP contribution in [0.3, 0.4) is 0 Å². The van der Waals surface area contributed by atoms with Gasteiger partial charge in [0.1, 0.15) is 5.54 Å². The van der Waals surface area contributed by atoms with E-state index in [0.717, 1.165) is 15.9 Å². The normalized spacial score (nSPS) is 13.9. The molecule has 0 bridgehead atoms. The smallest absolute Gasteiger partial charge is 0.326 e. The molecule has 0 aliphatic heterocycles. The summed E-state index contributed by atoms with van der Waals surface area (Å²) in [4.78, 5) is 13.2. The molecule has 0 aromatic heterocycles. The van der Waals surface area contributed by atoms with Gasteiger partial charge in [-0.1, -0.05) is 19.1 Å². The molecule has 106 valence electrons. The quantitative estimate of drug-likeness (QED) is 0.606. The van der Waals surface area contributed by atoms with Gasteiger partial charge in [-0.15, -0.1) is 11.8 Å². The zero-order chi connectivity index (χ0) is 14.3. The summed E-state index contributed by atoms with van der Waals surface area (Å²) in [5.74, 6) is 0.429. The Labute approximate surface area is 127 Å². The van der Waals surface area contributed by atoms with Crippen LogP contribution in [0.2, 0.25) is 0 Å². The van der Waals surface area contributed by atoms with Gasteiger partial charge in [-0.2, -0.15) is 0 Å². The lowest BCUT2D eigenvalue weighted by Crippen LogP contribution is -2.52. The summed E-state index contributed by atoms with van der Waals surface area (Å²) in [6.07, 6.45) is 0. The lowest BCUT2D eigenvalue weighted by molar-refractivity contribution is -0.149. The largest absolute Gasteiger partial charge is 0.465 e. The van der Waals surface area contributed by atoms with Gasteiger partial charge < -0.3 is 10.1 Å². The van der Waals surface area contributed by atoms with Crippen LogP contribution in [0.1, 0.15) is 20.8 Å². The molecule has 0 saturated heterocycles. The van der Waals surface area contributed by atoms with Crippen LogP contribution in [0.4, 0.5) is 0 Å². The van der Waals surface area contributed by atoms with E-state index in [9.17, 15) is 4.79 Å². The summed E-state index contributed by atoms with van der Waals surface area (Å²) < 4.78 is 6.20. The predicted molar refractivity (Wildman–Crippen MR) is 83.6 cm³/mol. The predicted octanol–water partition coefficient (Wildman–Crippen LogP) is 3.47. The van der Waals surface area contributed by atoms with Crippen molar-refractivity contribution in [3.63, 3.8) is 0 Å². The van der Waals surface area contributed by atoms with Gasteiger partial charge in [0.15, 0.2) is 0 Å². The number of hydrogen-bond donors (Lipinski definition) is 1. The second-order valence-electron chi connectivity index (χ2n) is 4.30. The fourth-order valence-electron chi connectivity index (χ4n) is 1.65. The van der Waals surface area contributed by atoms with Crippen LogP contribution >= 0.6 is 27.7 Å². The van der Waals surface area contributed by atoms with Gasteiger partial charge in [-0.3, -0.25) is 4.79 Å². The van der Waals surface area contributed by atoms with E-state index in [-0.39, 0.29) is 5.97 Å². The SMILES string of the molecule is CCNC(C)(CSc1ccccc1Br)C(=O)OCC. The van der Waals surface area contributed by atoms with Crippen LogP contribution < -0.4 is 5.32 Å². The highest BCUT2D eigenvalue weighted by Gasteiger charge is 2.34. The van der Waals surface area contributed by atoms with E-state index in [2.05, 4.69) is 21.2 Å². The maximum atomic E-state index is 12.1. The second kappa shape index (κ2) is 7.92. The number of benzene rings is 1. The molecule has 1 atom stereocenters. The Morgan fingerprint density at radius 1 is 1.42 bits per heavy atom. The van der Waals surface area contributed by atoms with E-state index in [1.807, 2.05) is 45.0 Å². The Bertz CT molecular complexity index is 428. The van der Waals surface area contributed by atoms with Crippen molar-refractivity contribution in [1.82, 2.24) is 5.32 Å². The average Bonchev–Trinajstić information content (AvgIpc) is 2.38. The van der Waals surface area contributed by atoms with E-state index >= 15 is 0 Å². The van der Waals surface area contributed by atoms with Gasteiger partial charge in [0.05, 0.1) is 6.61 Å². The van der Waals surface area contributed by atoms with E-state index < -0.39 is 5.54 Å². The number of halogens is 1. The van der Waals surface area contributed by atoms with Gasteiger partial charge in [0.25, 0.3) is 0 Å². The summed E-state index contributed by atoms with van der Waals surface area (Å²) >= 11 is 5.15. The molecule has 0 amide bonds. The van der Waals surface area contributed by atoms with Crippen molar-refractivity contribution in [3.05, 3.63) is 28.7 Å². The third kappa shape index (κ3) is 4.82.